The lowest BCUT2D eigenvalue weighted by molar-refractivity contribution is -0.118. The molecule has 0 saturated carbocycles. The predicted molar refractivity (Wildman–Crippen MR) is 87.3 cm³/mol. The van der Waals surface area contributed by atoms with Crippen molar-refractivity contribution in [2.24, 2.45) is 0 Å². The van der Waals surface area contributed by atoms with Gasteiger partial charge in [0.25, 0.3) is 0 Å². The first-order valence-corrected chi connectivity index (χ1v) is 7.57. The molecule has 1 heterocycles. The van der Waals surface area contributed by atoms with E-state index in [4.69, 9.17) is 27.7 Å². The molecule has 0 radical (unpaired) electrons. The Morgan fingerprint density at radius 2 is 2.00 bits per heavy atom. The maximum atomic E-state index is 12.1. The van der Waals surface area contributed by atoms with Crippen molar-refractivity contribution >= 4 is 35.0 Å². The van der Waals surface area contributed by atoms with E-state index in [1.54, 1.807) is 32.0 Å². The third kappa shape index (κ3) is 4.22. The average molecular weight is 342 g/mol. The van der Waals surface area contributed by atoms with Gasteiger partial charge in [-0.2, -0.15) is 0 Å². The van der Waals surface area contributed by atoms with E-state index in [0.717, 1.165) is 5.56 Å². The Bertz CT molecular complexity index is 673. The second-order valence-electron chi connectivity index (χ2n) is 5.10. The lowest BCUT2D eigenvalue weighted by atomic mass is 10.1. The summed E-state index contributed by atoms with van der Waals surface area (Å²) in [6.45, 7) is 5.47. The molecule has 0 aliphatic rings. The Kier molecular flexibility index (Phi) is 5.45. The van der Waals surface area contributed by atoms with Crippen LogP contribution in [0.25, 0.3) is 0 Å². The van der Waals surface area contributed by atoms with Crippen LogP contribution in [0.5, 0.6) is 0 Å². The van der Waals surface area contributed by atoms with Gasteiger partial charge in [-0.15, -0.1) is 0 Å². The summed E-state index contributed by atoms with van der Waals surface area (Å²) in [6, 6.07) is 6.40. The van der Waals surface area contributed by atoms with Crippen LogP contribution in [-0.4, -0.2) is 17.1 Å². The number of aromatic nitrogens is 1. The van der Waals surface area contributed by atoms with Gasteiger partial charge < -0.3 is 4.52 Å². The van der Waals surface area contributed by atoms with Gasteiger partial charge in [-0.3, -0.25) is 15.4 Å². The average Bonchev–Trinajstić information content (AvgIpc) is 2.83. The highest BCUT2D eigenvalue weighted by atomic mass is 35.5. The molecule has 1 aromatic heterocycles. The van der Waals surface area contributed by atoms with Crippen LogP contribution < -0.4 is 10.6 Å². The van der Waals surface area contributed by atoms with Gasteiger partial charge in [0.15, 0.2) is 0 Å². The lowest BCUT2D eigenvalue weighted by Gasteiger charge is -2.20. The predicted octanol–water partition coefficient (Wildman–Crippen LogP) is 3.97. The summed E-state index contributed by atoms with van der Waals surface area (Å²) in [5.74, 6) is 0.112. The molecule has 2 aromatic rings. The molecule has 0 unspecified atom stereocenters. The fourth-order valence-electron chi connectivity index (χ4n) is 2.05. The highest BCUT2D eigenvalue weighted by molar-refractivity contribution is 6.35. The first-order valence-electron chi connectivity index (χ1n) is 6.82. The molecule has 2 rings (SSSR count). The smallest absolute Gasteiger partial charge is 0.243 e. The minimum atomic E-state index is -0.438. The topological polar surface area (TPSA) is 67.2 Å². The number of halogens is 2. The molecule has 2 atom stereocenters. The van der Waals surface area contributed by atoms with E-state index in [2.05, 4.69) is 15.8 Å². The number of amides is 1. The molecule has 0 bridgehead atoms. The molecule has 5 nitrogen and oxygen atoms in total. The van der Waals surface area contributed by atoms with E-state index in [1.807, 2.05) is 13.0 Å². The number of rotatable bonds is 5. The number of nitrogens with one attached hydrogen (secondary N) is 2. The second kappa shape index (κ2) is 7.13. The Morgan fingerprint density at radius 1 is 1.27 bits per heavy atom. The minimum Gasteiger partial charge on any atom is -0.338 e. The van der Waals surface area contributed by atoms with Crippen LogP contribution in [0.1, 0.15) is 31.1 Å². The maximum absolute atomic E-state index is 12.1. The summed E-state index contributed by atoms with van der Waals surface area (Å²) in [5.41, 5.74) is 1.58. The van der Waals surface area contributed by atoms with E-state index in [9.17, 15) is 4.79 Å². The van der Waals surface area contributed by atoms with Gasteiger partial charge in [0.2, 0.25) is 11.8 Å². The van der Waals surface area contributed by atoms with Crippen molar-refractivity contribution in [1.82, 2.24) is 10.5 Å². The van der Waals surface area contributed by atoms with Gasteiger partial charge in [-0.1, -0.05) is 34.4 Å². The van der Waals surface area contributed by atoms with Crippen LogP contribution >= 0.6 is 23.2 Å². The van der Waals surface area contributed by atoms with Crippen molar-refractivity contribution in [2.75, 3.05) is 5.32 Å². The van der Waals surface area contributed by atoms with Gasteiger partial charge in [0.05, 0.1) is 11.7 Å². The zero-order chi connectivity index (χ0) is 16.3. The molecule has 7 heteroatoms. The zero-order valence-corrected chi connectivity index (χ0v) is 14.0. The molecule has 118 valence electrons. The molecule has 1 aromatic carbocycles. The normalized spacial score (nSPS) is 13.7. The third-order valence-electron chi connectivity index (χ3n) is 3.20. The largest absolute Gasteiger partial charge is 0.338 e. The summed E-state index contributed by atoms with van der Waals surface area (Å²) < 4.78 is 4.96. The molecule has 0 fully saturated rings. The fourth-order valence-corrected chi connectivity index (χ4v) is 2.62. The second-order valence-corrected chi connectivity index (χ2v) is 5.94. The van der Waals surface area contributed by atoms with Crippen molar-refractivity contribution in [3.63, 3.8) is 0 Å². The molecule has 0 aliphatic carbocycles. The van der Waals surface area contributed by atoms with E-state index < -0.39 is 6.04 Å². The van der Waals surface area contributed by atoms with Crippen molar-refractivity contribution in [3.8, 4) is 0 Å². The Hall–Kier alpha value is -1.56. The molecular formula is C15H17Cl2N3O2. The fraction of sp³-hybridized carbons (Fsp3) is 0.333. The molecule has 0 aliphatic heterocycles. The van der Waals surface area contributed by atoms with Gasteiger partial charge in [0.1, 0.15) is 0 Å². The highest BCUT2D eigenvalue weighted by Crippen LogP contribution is 2.26. The van der Waals surface area contributed by atoms with Crippen LogP contribution in [-0.2, 0) is 4.79 Å². The monoisotopic (exact) mass is 341 g/mol. The number of anilines is 1. The molecule has 0 spiro atoms. The van der Waals surface area contributed by atoms with Gasteiger partial charge in [-0.25, -0.2) is 0 Å². The Labute approximate surface area is 139 Å². The van der Waals surface area contributed by atoms with E-state index in [0.29, 0.717) is 21.6 Å². The third-order valence-corrected chi connectivity index (χ3v) is 3.76. The number of benzene rings is 1. The number of nitrogens with zero attached hydrogens (tertiary/aromatic N) is 1. The van der Waals surface area contributed by atoms with Crippen LogP contribution in [0.2, 0.25) is 10.0 Å². The van der Waals surface area contributed by atoms with E-state index in [-0.39, 0.29) is 11.9 Å². The van der Waals surface area contributed by atoms with E-state index in [1.165, 1.54) is 0 Å². The molecule has 2 N–H and O–H groups in total. The first kappa shape index (κ1) is 16.8. The molecular weight excluding hydrogens is 325 g/mol. The van der Waals surface area contributed by atoms with Crippen LogP contribution in [0.3, 0.4) is 0 Å². The van der Waals surface area contributed by atoms with Gasteiger partial charge >= 0.3 is 0 Å². The number of hydrogen-bond acceptors (Lipinski definition) is 4. The number of carbonyl (C=O) groups is 1. The van der Waals surface area contributed by atoms with Crippen molar-refractivity contribution in [2.45, 2.75) is 32.9 Å². The van der Waals surface area contributed by atoms with Crippen molar-refractivity contribution in [1.29, 1.82) is 0 Å². The number of hydrogen-bond donors (Lipinski definition) is 2. The van der Waals surface area contributed by atoms with Gasteiger partial charge in [0, 0.05) is 22.2 Å². The summed E-state index contributed by atoms with van der Waals surface area (Å²) in [6.07, 6.45) is 0. The standard InChI is InChI=1S/C15H17Cl2N3O2/c1-8-6-14(22-20-8)19-15(21)10(3)18-9(2)12-5-4-11(16)7-13(12)17/h4-7,9-10,18H,1-3H3,(H,19,21)/t9-,10+/m0/s1. The minimum absolute atomic E-state index is 0.109. The van der Waals surface area contributed by atoms with Crippen molar-refractivity contribution in [3.05, 3.63) is 45.6 Å². The Balaban J connectivity index is 1.98. The lowest BCUT2D eigenvalue weighted by Crippen LogP contribution is -2.39. The van der Waals surface area contributed by atoms with Crippen LogP contribution in [0.4, 0.5) is 5.88 Å². The zero-order valence-electron chi connectivity index (χ0n) is 12.5. The van der Waals surface area contributed by atoms with Crippen LogP contribution in [0.15, 0.2) is 28.8 Å². The van der Waals surface area contributed by atoms with E-state index >= 15 is 0 Å². The Morgan fingerprint density at radius 3 is 2.59 bits per heavy atom. The quantitative estimate of drug-likeness (QED) is 0.863. The number of aryl methyl sites for hydroxylation is 1. The van der Waals surface area contributed by atoms with Gasteiger partial charge in [-0.05, 0) is 38.5 Å². The summed E-state index contributed by atoms with van der Waals surface area (Å²) in [4.78, 5) is 12.1. The van der Waals surface area contributed by atoms with Crippen LogP contribution in [0, 0.1) is 6.92 Å². The summed E-state index contributed by atoms with van der Waals surface area (Å²) in [5, 5.41) is 10.7. The molecule has 0 saturated heterocycles. The molecule has 22 heavy (non-hydrogen) atoms. The summed E-state index contributed by atoms with van der Waals surface area (Å²) in [7, 11) is 0. The SMILES string of the molecule is Cc1cc(NC(=O)[C@@H](C)N[C@@H](C)c2ccc(Cl)cc2Cl)on1. The van der Waals surface area contributed by atoms with Crippen molar-refractivity contribution < 1.29 is 9.32 Å². The summed E-state index contributed by atoms with van der Waals surface area (Å²) >= 11 is 12.1. The maximum Gasteiger partial charge on any atom is 0.243 e. The highest BCUT2D eigenvalue weighted by Gasteiger charge is 2.19. The first-order chi connectivity index (χ1) is 10.4. The number of carbonyl (C=O) groups excluding carboxylic acids is 1. The molecule has 1 amide bonds.